The molecular formula is C17H23N5O2S. The van der Waals surface area contributed by atoms with Crippen molar-refractivity contribution >= 4 is 17.4 Å². The highest BCUT2D eigenvalue weighted by atomic mass is 32.1. The van der Waals surface area contributed by atoms with Gasteiger partial charge >= 0.3 is 6.03 Å². The van der Waals surface area contributed by atoms with E-state index in [1.165, 1.54) is 0 Å². The maximum Gasteiger partial charge on any atom is 0.320 e. The minimum atomic E-state index is 0.160. The second kappa shape index (κ2) is 7.53. The fourth-order valence-electron chi connectivity index (χ4n) is 3.59. The topological polar surface area (TPSA) is 63.5 Å². The molecule has 0 bridgehead atoms. The third-order valence-corrected chi connectivity index (χ3v) is 5.61. The molecule has 2 aliphatic rings. The van der Waals surface area contributed by atoms with E-state index >= 15 is 0 Å². The van der Waals surface area contributed by atoms with Crippen LogP contribution in [0.25, 0.3) is 0 Å². The Morgan fingerprint density at radius 2 is 1.92 bits per heavy atom. The van der Waals surface area contributed by atoms with E-state index in [-0.39, 0.29) is 6.03 Å². The third kappa shape index (κ3) is 3.69. The van der Waals surface area contributed by atoms with E-state index in [1.807, 2.05) is 27.7 Å². The Bertz CT molecular complexity index is 688. The molecule has 0 radical (unpaired) electrons. The van der Waals surface area contributed by atoms with Crippen molar-refractivity contribution in [3.05, 3.63) is 34.8 Å². The van der Waals surface area contributed by atoms with Gasteiger partial charge in [-0.3, -0.25) is 0 Å². The SMILES string of the molecule is O=C(N1CCOCC1)N1CCC(c2nccn2Cc2cscn2)CC1. The average molecular weight is 361 g/mol. The van der Waals surface area contributed by atoms with Crippen molar-refractivity contribution in [3.63, 3.8) is 0 Å². The molecule has 2 aliphatic heterocycles. The smallest absolute Gasteiger partial charge is 0.320 e. The quantitative estimate of drug-likeness (QED) is 0.839. The van der Waals surface area contributed by atoms with Crippen molar-refractivity contribution in [2.24, 2.45) is 0 Å². The van der Waals surface area contributed by atoms with Crippen LogP contribution in [0.2, 0.25) is 0 Å². The molecule has 2 saturated heterocycles. The number of carbonyl (C=O) groups excluding carboxylic acids is 1. The van der Waals surface area contributed by atoms with E-state index < -0.39 is 0 Å². The summed E-state index contributed by atoms with van der Waals surface area (Å²) in [6.45, 7) is 5.07. The number of urea groups is 1. The zero-order valence-corrected chi connectivity index (χ0v) is 15.0. The first-order valence-corrected chi connectivity index (χ1v) is 9.75. The van der Waals surface area contributed by atoms with Gasteiger partial charge in [0.05, 0.1) is 31.0 Å². The molecule has 0 atom stereocenters. The third-order valence-electron chi connectivity index (χ3n) is 4.98. The summed E-state index contributed by atoms with van der Waals surface area (Å²) in [4.78, 5) is 25.4. The average Bonchev–Trinajstić information content (AvgIpc) is 3.34. The summed E-state index contributed by atoms with van der Waals surface area (Å²) in [5.41, 5.74) is 2.94. The van der Waals surface area contributed by atoms with Crippen molar-refractivity contribution < 1.29 is 9.53 Å². The number of ether oxygens (including phenoxy) is 1. The predicted molar refractivity (Wildman–Crippen MR) is 94.8 cm³/mol. The number of rotatable bonds is 3. The fourth-order valence-corrected chi connectivity index (χ4v) is 4.14. The standard InChI is InChI=1S/C17H23N5O2S/c23-17(21-7-9-24-10-8-21)20-4-1-14(2-5-20)16-18-3-6-22(16)11-15-12-25-13-19-15/h3,6,12-14H,1-2,4-5,7-11H2. The molecule has 0 N–H and O–H groups in total. The van der Waals surface area contributed by atoms with Gasteiger partial charge in [-0.25, -0.2) is 14.8 Å². The Morgan fingerprint density at radius 3 is 2.64 bits per heavy atom. The normalized spacial score (nSPS) is 19.4. The molecule has 25 heavy (non-hydrogen) atoms. The van der Waals surface area contributed by atoms with E-state index in [4.69, 9.17) is 4.74 Å². The molecule has 0 unspecified atom stereocenters. The van der Waals surface area contributed by atoms with Gasteiger partial charge in [0.1, 0.15) is 5.82 Å². The predicted octanol–water partition coefficient (Wildman–Crippen LogP) is 2.02. The lowest BCUT2D eigenvalue weighted by atomic mass is 9.96. The van der Waals surface area contributed by atoms with Gasteiger partial charge in [0.2, 0.25) is 0 Å². The molecular weight excluding hydrogens is 338 g/mol. The maximum atomic E-state index is 12.6. The van der Waals surface area contributed by atoms with Crippen LogP contribution in [0.4, 0.5) is 4.79 Å². The van der Waals surface area contributed by atoms with Crippen molar-refractivity contribution in [2.45, 2.75) is 25.3 Å². The molecule has 8 heteroatoms. The molecule has 0 saturated carbocycles. The Balaban J connectivity index is 1.36. The summed E-state index contributed by atoms with van der Waals surface area (Å²) >= 11 is 1.62. The van der Waals surface area contributed by atoms with Crippen molar-refractivity contribution in [3.8, 4) is 0 Å². The first kappa shape index (κ1) is 16.5. The van der Waals surface area contributed by atoms with E-state index in [1.54, 1.807) is 11.3 Å². The molecule has 134 valence electrons. The summed E-state index contributed by atoms with van der Waals surface area (Å²) in [6.07, 6.45) is 5.82. The van der Waals surface area contributed by atoms with Gasteiger partial charge < -0.3 is 19.1 Å². The minimum Gasteiger partial charge on any atom is -0.378 e. The number of aromatic nitrogens is 3. The van der Waals surface area contributed by atoms with Gasteiger partial charge in [0.25, 0.3) is 0 Å². The Hall–Kier alpha value is -1.93. The van der Waals surface area contributed by atoms with Crippen LogP contribution in [0.15, 0.2) is 23.3 Å². The molecule has 2 aromatic heterocycles. The molecule has 4 heterocycles. The molecule has 0 aliphatic carbocycles. The van der Waals surface area contributed by atoms with Gasteiger partial charge in [0, 0.05) is 49.9 Å². The van der Waals surface area contributed by atoms with E-state index in [0.717, 1.165) is 44.0 Å². The maximum absolute atomic E-state index is 12.6. The number of imidazole rings is 1. The highest BCUT2D eigenvalue weighted by molar-refractivity contribution is 7.07. The molecule has 0 spiro atoms. The largest absolute Gasteiger partial charge is 0.378 e. The van der Waals surface area contributed by atoms with Crippen LogP contribution < -0.4 is 0 Å². The van der Waals surface area contributed by atoms with Crippen molar-refractivity contribution in [2.75, 3.05) is 39.4 Å². The number of carbonyl (C=O) groups is 1. The Labute approximate surface area is 151 Å². The number of likely N-dealkylation sites (tertiary alicyclic amines) is 1. The number of hydrogen-bond acceptors (Lipinski definition) is 5. The first-order valence-electron chi connectivity index (χ1n) is 8.81. The lowest BCUT2D eigenvalue weighted by Crippen LogP contribution is -2.50. The van der Waals surface area contributed by atoms with E-state index in [9.17, 15) is 4.79 Å². The molecule has 2 aromatic rings. The zero-order chi connectivity index (χ0) is 17.1. The number of hydrogen-bond donors (Lipinski definition) is 0. The second-order valence-electron chi connectivity index (χ2n) is 6.54. The molecule has 7 nitrogen and oxygen atoms in total. The van der Waals surface area contributed by atoms with Gasteiger partial charge in [-0.05, 0) is 12.8 Å². The Kier molecular flexibility index (Phi) is 4.98. The first-order chi connectivity index (χ1) is 12.3. The van der Waals surface area contributed by atoms with Gasteiger partial charge in [-0.2, -0.15) is 0 Å². The van der Waals surface area contributed by atoms with Crippen LogP contribution in [-0.4, -0.2) is 69.8 Å². The number of thiazole rings is 1. The van der Waals surface area contributed by atoms with Gasteiger partial charge in [-0.1, -0.05) is 0 Å². The van der Waals surface area contributed by atoms with Crippen LogP contribution in [0.3, 0.4) is 0 Å². The summed E-state index contributed by atoms with van der Waals surface area (Å²) in [6, 6.07) is 0.160. The van der Waals surface area contributed by atoms with Crippen molar-refractivity contribution in [1.29, 1.82) is 0 Å². The summed E-state index contributed by atoms with van der Waals surface area (Å²) in [5, 5.41) is 2.08. The lowest BCUT2D eigenvalue weighted by molar-refractivity contribution is 0.0410. The lowest BCUT2D eigenvalue weighted by Gasteiger charge is -2.37. The number of amides is 2. The van der Waals surface area contributed by atoms with Gasteiger partial charge in [0.15, 0.2) is 0 Å². The summed E-state index contributed by atoms with van der Waals surface area (Å²) < 4.78 is 7.53. The second-order valence-corrected chi connectivity index (χ2v) is 7.26. The summed E-state index contributed by atoms with van der Waals surface area (Å²) in [7, 11) is 0. The molecule has 2 amide bonds. The minimum absolute atomic E-state index is 0.160. The summed E-state index contributed by atoms with van der Waals surface area (Å²) in [5.74, 6) is 1.52. The van der Waals surface area contributed by atoms with E-state index in [2.05, 4.69) is 19.9 Å². The van der Waals surface area contributed by atoms with Crippen LogP contribution >= 0.6 is 11.3 Å². The van der Waals surface area contributed by atoms with Crippen LogP contribution in [0, 0.1) is 0 Å². The fraction of sp³-hybridized carbons (Fsp3) is 0.588. The zero-order valence-electron chi connectivity index (χ0n) is 14.2. The number of morpholine rings is 1. The van der Waals surface area contributed by atoms with Crippen LogP contribution in [0.1, 0.15) is 30.3 Å². The van der Waals surface area contributed by atoms with Crippen molar-refractivity contribution in [1.82, 2.24) is 24.3 Å². The van der Waals surface area contributed by atoms with Crippen LogP contribution in [0.5, 0.6) is 0 Å². The van der Waals surface area contributed by atoms with Gasteiger partial charge in [-0.15, -0.1) is 11.3 Å². The molecule has 2 fully saturated rings. The number of piperidine rings is 1. The number of nitrogens with zero attached hydrogens (tertiary/aromatic N) is 5. The Morgan fingerprint density at radius 1 is 1.16 bits per heavy atom. The van der Waals surface area contributed by atoms with Crippen LogP contribution in [-0.2, 0) is 11.3 Å². The molecule has 4 rings (SSSR count). The molecule has 0 aromatic carbocycles. The highest BCUT2D eigenvalue weighted by Crippen LogP contribution is 2.28. The monoisotopic (exact) mass is 361 g/mol. The highest BCUT2D eigenvalue weighted by Gasteiger charge is 2.29. The van der Waals surface area contributed by atoms with E-state index in [0.29, 0.717) is 32.2 Å².